The van der Waals surface area contributed by atoms with E-state index < -0.39 is 4.92 Å². The number of aryl methyl sites for hydroxylation is 1. The van der Waals surface area contributed by atoms with E-state index >= 15 is 0 Å². The molecule has 2 heterocycles. The van der Waals surface area contributed by atoms with Gasteiger partial charge >= 0.3 is 5.69 Å². The molecule has 0 saturated carbocycles. The number of amides is 1. The zero-order valence-electron chi connectivity index (χ0n) is 15.7. The topological polar surface area (TPSA) is 84.5 Å². The number of halogens is 2. The first kappa shape index (κ1) is 20.6. The average Bonchev–Trinajstić information content (AvgIpc) is 2.91. The van der Waals surface area contributed by atoms with Crippen molar-refractivity contribution in [1.29, 1.82) is 0 Å². The highest BCUT2D eigenvalue weighted by Gasteiger charge is 2.26. The molecule has 150 valence electrons. The zero-order valence-corrected chi connectivity index (χ0v) is 17.2. The van der Waals surface area contributed by atoms with Gasteiger partial charge in [-0.1, -0.05) is 29.3 Å². The summed E-state index contributed by atoms with van der Waals surface area (Å²) in [5.74, 6) is -0.0929. The third-order valence-corrected chi connectivity index (χ3v) is 5.53. The minimum atomic E-state index is -0.459. The Labute approximate surface area is 172 Å². The lowest BCUT2D eigenvalue weighted by molar-refractivity contribution is -0.386. The standard InChI is InChI=1S/C18H21Cl2N5O3/c1-12-18(25(27)28)13(2)24(21-12)11-17(26)23-7-5-22(6-8-23)10-14-3-4-15(19)9-16(14)20/h3-4,9H,5-8,10-11H2,1-2H3. The molecule has 0 aliphatic carbocycles. The van der Waals surface area contributed by atoms with Gasteiger partial charge in [0.2, 0.25) is 5.91 Å². The second-order valence-corrected chi connectivity index (χ2v) is 7.67. The van der Waals surface area contributed by atoms with Crippen molar-refractivity contribution in [2.24, 2.45) is 0 Å². The smallest absolute Gasteiger partial charge is 0.312 e. The van der Waals surface area contributed by atoms with Gasteiger partial charge in [-0.05, 0) is 31.5 Å². The van der Waals surface area contributed by atoms with Crippen LogP contribution in [0, 0.1) is 24.0 Å². The lowest BCUT2D eigenvalue weighted by Gasteiger charge is -2.35. The van der Waals surface area contributed by atoms with Crippen LogP contribution in [-0.4, -0.2) is 56.6 Å². The van der Waals surface area contributed by atoms with Crippen LogP contribution < -0.4 is 0 Å². The van der Waals surface area contributed by atoms with Crippen LogP contribution >= 0.6 is 23.2 Å². The minimum Gasteiger partial charge on any atom is -0.339 e. The van der Waals surface area contributed by atoms with Crippen molar-refractivity contribution < 1.29 is 9.72 Å². The van der Waals surface area contributed by atoms with E-state index in [1.165, 1.54) is 4.68 Å². The fourth-order valence-corrected chi connectivity index (χ4v) is 3.85. The Hall–Kier alpha value is -2.16. The molecule has 1 aromatic heterocycles. The zero-order chi connectivity index (χ0) is 20.4. The van der Waals surface area contributed by atoms with E-state index in [4.69, 9.17) is 23.2 Å². The van der Waals surface area contributed by atoms with Crippen LogP contribution in [0.3, 0.4) is 0 Å². The Morgan fingerprint density at radius 2 is 1.89 bits per heavy atom. The number of carbonyl (C=O) groups is 1. The fraction of sp³-hybridized carbons (Fsp3) is 0.444. The van der Waals surface area contributed by atoms with Gasteiger partial charge in [-0.3, -0.25) is 24.5 Å². The quantitative estimate of drug-likeness (QED) is 0.542. The van der Waals surface area contributed by atoms with Crippen LogP contribution in [0.4, 0.5) is 5.69 Å². The predicted molar refractivity (Wildman–Crippen MR) is 107 cm³/mol. The van der Waals surface area contributed by atoms with E-state index in [0.29, 0.717) is 41.1 Å². The Kier molecular flexibility index (Phi) is 6.22. The molecular formula is C18H21Cl2N5O3. The Morgan fingerprint density at radius 3 is 2.46 bits per heavy atom. The van der Waals surface area contributed by atoms with E-state index in [-0.39, 0.29) is 18.1 Å². The van der Waals surface area contributed by atoms with Crippen molar-refractivity contribution in [2.45, 2.75) is 26.9 Å². The van der Waals surface area contributed by atoms with Crippen molar-refractivity contribution in [2.75, 3.05) is 26.2 Å². The summed E-state index contributed by atoms with van der Waals surface area (Å²) in [6.45, 7) is 6.51. The molecule has 1 aromatic carbocycles. The molecular weight excluding hydrogens is 405 g/mol. The monoisotopic (exact) mass is 425 g/mol. The summed E-state index contributed by atoms with van der Waals surface area (Å²) in [7, 11) is 0. The van der Waals surface area contributed by atoms with E-state index in [2.05, 4.69) is 10.00 Å². The Balaban J connectivity index is 1.57. The molecule has 1 aliphatic heterocycles. The summed E-state index contributed by atoms with van der Waals surface area (Å²) in [5.41, 5.74) is 1.69. The molecule has 0 unspecified atom stereocenters. The number of nitrogens with zero attached hydrogens (tertiary/aromatic N) is 5. The van der Waals surface area contributed by atoms with Gasteiger partial charge < -0.3 is 4.90 Å². The summed E-state index contributed by atoms with van der Waals surface area (Å²) in [6, 6.07) is 5.46. The number of nitro groups is 1. The molecule has 1 aliphatic rings. The van der Waals surface area contributed by atoms with Gasteiger partial charge in [0.25, 0.3) is 0 Å². The second-order valence-electron chi connectivity index (χ2n) is 6.83. The number of aromatic nitrogens is 2. The average molecular weight is 426 g/mol. The van der Waals surface area contributed by atoms with Crippen LogP contribution in [0.1, 0.15) is 17.0 Å². The molecule has 3 rings (SSSR count). The molecule has 0 bridgehead atoms. The van der Waals surface area contributed by atoms with Crippen molar-refractivity contribution in [3.05, 3.63) is 55.3 Å². The molecule has 1 fully saturated rings. The lowest BCUT2D eigenvalue weighted by atomic mass is 10.2. The van der Waals surface area contributed by atoms with Gasteiger partial charge in [0.05, 0.1) is 4.92 Å². The van der Waals surface area contributed by atoms with Crippen LogP contribution in [0.25, 0.3) is 0 Å². The number of benzene rings is 1. The fourth-order valence-electron chi connectivity index (χ4n) is 3.38. The van der Waals surface area contributed by atoms with Crippen LogP contribution in [0.2, 0.25) is 10.0 Å². The van der Waals surface area contributed by atoms with Gasteiger partial charge in [0.1, 0.15) is 17.9 Å². The van der Waals surface area contributed by atoms with E-state index in [1.54, 1.807) is 24.8 Å². The molecule has 0 atom stereocenters. The third-order valence-electron chi connectivity index (χ3n) is 4.94. The SMILES string of the molecule is Cc1nn(CC(=O)N2CCN(Cc3ccc(Cl)cc3Cl)CC2)c(C)c1[N+](=O)[O-]. The Morgan fingerprint density at radius 1 is 1.21 bits per heavy atom. The largest absolute Gasteiger partial charge is 0.339 e. The first-order valence-electron chi connectivity index (χ1n) is 8.88. The summed E-state index contributed by atoms with van der Waals surface area (Å²) in [6.07, 6.45) is 0. The second kappa shape index (κ2) is 8.46. The first-order chi connectivity index (χ1) is 13.3. The highest BCUT2D eigenvalue weighted by molar-refractivity contribution is 6.35. The maximum atomic E-state index is 12.6. The van der Waals surface area contributed by atoms with Crippen molar-refractivity contribution in [1.82, 2.24) is 19.6 Å². The first-order valence-corrected chi connectivity index (χ1v) is 9.64. The van der Waals surface area contributed by atoms with Gasteiger partial charge in [0.15, 0.2) is 0 Å². The van der Waals surface area contributed by atoms with Crippen molar-refractivity contribution >= 4 is 34.8 Å². The third kappa shape index (κ3) is 4.45. The normalized spacial score (nSPS) is 15.1. The number of piperazine rings is 1. The molecule has 2 aromatic rings. The van der Waals surface area contributed by atoms with Crippen molar-refractivity contribution in [3.63, 3.8) is 0 Å². The molecule has 1 saturated heterocycles. The van der Waals surface area contributed by atoms with Gasteiger partial charge in [0, 0.05) is 42.8 Å². The van der Waals surface area contributed by atoms with E-state index in [9.17, 15) is 14.9 Å². The molecule has 28 heavy (non-hydrogen) atoms. The lowest BCUT2D eigenvalue weighted by Crippen LogP contribution is -2.49. The molecule has 8 nitrogen and oxygen atoms in total. The molecule has 1 amide bonds. The highest BCUT2D eigenvalue weighted by atomic mass is 35.5. The number of rotatable bonds is 5. The number of carbonyl (C=O) groups excluding carboxylic acids is 1. The van der Waals surface area contributed by atoms with E-state index in [0.717, 1.165) is 18.7 Å². The summed E-state index contributed by atoms with van der Waals surface area (Å²) in [4.78, 5) is 27.3. The van der Waals surface area contributed by atoms with Crippen LogP contribution in [0.15, 0.2) is 18.2 Å². The number of hydrogen-bond acceptors (Lipinski definition) is 5. The summed E-state index contributed by atoms with van der Waals surface area (Å²) in [5, 5.41) is 16.5. The van der Waals surface area contributed by atoms with Gasteiger partial charge in [-0.15, -0.1) is 0 Å². The van der Waals surface area contributed by atoms with Crippen LogP contribution in [-0.2, 0) is 17.9 Å². The maximum Gasteiger partial charge on any atom is 0.312 e. The predicted octanol–water partition coefficient (Wildman–Crippen LogP) is 3.06. The maximum absolute atomic E-state index is 12.6. The van der Waals surface area contributed by atoms with Gasteiger partial charge in [-0.25, -0.2) is 0 Å². The van der Waals surface area contributed by atoms with Crippen LogP contribution in [0.5, 0.6) is 0 Å². The molecule has 0 N–H and O–H groups in total. The highest BCUT2D eigenvalue weighted by Crippen LogP contribution is 2.23. The molecule has 10 heteroatoms. The Bertz CT molecular complexity index is 907. The number of hydrogen-bond donors (Lipinski definition) is 0. The molecule has 0 radical (unpaired) electrons. The van der Waals surface area contributed by atoms with Crippen molar-refractivity contribution in [3.8, 4) is 0 Å². The summed E-state index contributed by atoms with van der Waals surface area (Å²) >= 11 is 12.2. The minimum absolute atomic E-state index is 0.00350. The van der Waals surface area contributed by atoms with E-state index in [1.807, 2.05) is 12.1 Å². The molecule has 0 spiro atoms. The van der Waals surface area contributed by atoms with Gasteiger partial charge in [-0.2, -0.15) is 5.10 Å². The summed E-state index contributed by atoms with van der Waals surface area (Å²) < 4.78 is 1.41.